The number of rotatable bonds is 4. The highest BCUT2D eigenvalue weighted by Gasteiger charge is 2.03. The summed E-state index contributed by atoms with van der Waals surface area (Å²) >= 11 is 0. The minimum absolute atomic E-state index is 0.0650. The number of hydrogen-bond acceptors (Lipinski definition) is 3. The molecule has 74 valence electrons. The fourth-order valence-corrected chi connectivity index (χ4v) is 1.20. The molecule has 0 aliphatic rings. The van der Waals surface area contributed by atoms with E-state index >= 15 is 0 Å². The lowest BCUT2D eigenvalue weighted by Gasteiger charge is -2.10. The first kappa shape index (κ1) is 10.6. The first-order valence-electron chi connectivity index (χ1n) is 4.43. The quantitative estimate of drug-likeness (QED) is 0.540. The first-order valence-corrected chi connectivity index (χ1v) is 4.43. The number of aliphatic imine (C=N–C) groups is 1. The van der Waals surface area contributed by atoms with Crippen molar-refractivity contribution in [2.75, 3.05) is 7.11 Å². The summed E-state index contributed by atoms with van der Waals surface area (Å²) < 4.78 is 5.19. The lowest BCUT2D eigenvalue weighted by atomic mass is 10.1. The molecule has 14 heavy (non-hydrogen) atoms. The molecule has 0 aliphatic heterocycles. The monoisotopic (exact) mass is 191 g/mol. The van der Waals surface area contributed by atoms with E-state index in [2.05, 4.69) is 4.99 Å². The van der Waals surface area contributed by atoms with Gasteiger partial charge in [-0.25, -0.2) is 9.79 Å². The Morgan fingerprint density at radius 1 is 1.57 bits per heavy atom. The maximum absolute atomic E-state index is 9.94. The number of hydrogen-bond donors (Lipinski definition) is 0. The predicted molar refractivity (Wildman–Crippen MR) is 53.7 cm³/mol. The zero-order valence-corrected chi connectivity index (χ0v) is 8.36. The average molecular weight is 191 g/mol. The Morgan fingerprint density at radius 2 is 2.36 bits per heavy atom. The van der Waals surface area contributed by atoms with Crippen LogP contribution in [0, 0.1) is 0 Å². The minimum Gasteiger partial charge on any atom is -0.377 e. The van der Waals surface area contributed by atoms with Crippen molar-refractivity contribution in [2.24, 2.45) is 4.99 Å². The summed E-state index contributed by atoms with van der Waals surface area (Å²) in [5, 5.41) is 0. The molecule has 0 radical (unpaired) electrons. The molecule has 1 unspecified atom stereocenters. The van der Waals surface area contributed by atoms with Crippen LogP contribution in [0.15, 0.2) is 29.3 Å². The van der Waals surface area contributed by atoms with Crippen LogP contribution in [0.25, 0.3) is 0 Å². The normalized spacial score (nSPS) is 11.9. The lowest BCUT2D eigenvalue weighted by Crippen LogP contribution is -1.96. The van der Waals surface area contributed by atoms with Gasteiger partial charge in [-0.15, -0.1) is 0 Å². The largest absolute Gasteiger partial charge is 0.377 e. The van der Waals surface area contributed by atoms with Gasteiger partial charge < -0.3 is 4.74 Å². The van der Waals surface area contributed by atoms with Gasteiger partial charge in [-0.3, -0.25) is 0 Å². The van der Waals surface area contributed by atoms with Gasteiger partial charge in [-0.2, -0.15) is 0 Å². The van der Waals surface area contributed by atoms with E-state index < -0.39 is 0 Å². The molecular weight excluding hydrogens is 178 g/mol. The summed E-state index contributed by atoms with van der Waals surface area (Å²) in [5.41, 5.74) is 2.08. The molecule has 0 heterocycles. The first-order chi connectivity index (χ1) is 6.77. The highest BCUT2D eigenvalue weighted by Crippen LogP contribution is 2.17. The Balaban J connectivity index is 2.83. The van der Waals surface area contributed by atoms with E-state index in [1.807, 2.05) is 31.2 Å². The van der Waals surface area contributed by atoms with Crippen molar-refractivity contribution >= 4 is 6.08 Å². The maximum Gasteiger partial charge on any atom is 0.235 e. The molecule has 1 atom stereocenters. The van der Waals surface area contributed by atoms with E-state index in [9.17, 15) is 4.79 Å². The second-order valence-electron chi connectivity index (χ2n) is 3.03. The Hall–Kier alpha value is -1.44. The molecule has 0 amide bonds. The van der Waals surface area contributed by atoms with E-state index in [-0.39, 0.29) is 6.10 Å². The third kappa shape index (κ3) is 2.80. The Kier molecular flexibility index (Phi) is 4.05. The molecule has 1 aromatic carbocycles. The van der Waals surface area contributed by atoms with Crippen LogP contribution in [-0.2, 0) is 16.1 Å². The lowest BCUT2D eigenvalue weighted by molar-refractivity contribution is 0.119. The average Bonchev–Trinajstić information content (AvgIpc) is 2.25. The molecule has 1 rings (SSSR count). The topological polar surface area (TPSA) is 38.7 Å². The zero-order valence-electron chi connectivity index (χ0n) is 8.36. The third-order valence-corrected chi connectivity index (χ3v) is 2.10. The number of carbonyl (C=O) groups excluding carboxylic acids is 1. The molecule has 0 bridgehead atoms. The van der Waals surface area contributed by atoms with Crippen LogP contribution in [0.4, 0.5) is 0 Å². The summed E-state index contributed by atoms with van der Waals surface area (Å²) in [4.78, 5) is 13.5. The number of ether oxygens (including phenoxy) is 1. The predicted octanol–water partition coefficient (Wildman–Crippen LogP) is 2.23. The Labute approximate surface area is 83.4 Å². The molecule has 1 aromatic rings. The van der Waals surface area contributed by atoms with Crippen molar-refractivity contribution in [2.45, 2.75) is 19.6 Å². The van der Waals surface area contributed by atoms with E-state index in [4.69, 9.17) is 4.74 Å². The van der Waals surface area contributed by atoms with Crippen LogP contribution >= 0.6 is 0 Å². The van der Waals surface area contributed by atoms with E-state index in [1.54, 1.807) is 7.11 Å². The fourth-order valence-electron chi connectivity index (χ4n) is 1.20. The number of isocyanates is 1. The van der Waals surface area contributed by atoms with Gasteiger partial charge in [0.1, 0.15) is 0 Å². The van der Waals surface area contributed by atoms with Crippen molar-refractivity contribution in [1.82, 2.24) is 0 Å². The molecule has 3 nitrogen and oxygen atoms in total. The summed E-state index contributed by atoms with van der Waals surface area (Å²) in [6, 6.07) is 7.82. The van der Waals surface area contributed by atoms with E-state index in [0.29, 0.717) is 6.54 Å². The van der Waals surface area contributed by atoms with Crippen LogP contribution in [0.5, 0.6) is 0 Å². The van der Waals surface area contributed by atoms with E-state index in [1.165, 1.54) is 6.08 Å². The second kappa shape index (κ2) is 5.32. The molecular formula is C11H13NO2. The van der Waals surface area contributed by atoms with Crippen LogP contribution in [0.3, 0.4) is 0 Å². The smallest absolute Gasteiger partial charge is 0.235 e. The minimum atomic E-state index is 0.0650. The van der Waals surface area contributed by atoms with Crippen LogP contribution in [-0.4, -0.2) is 13.2 Å². The molecule has 0 spiro atoms. The van der Waals surface area contributed by atoms with Crippen LogP contribution in [0.2, 0.25) is 0 Å². The Bertz CT molecular complexity index is 343. The number of methoxy groups -OCH3 is 1. The van der Waals surface area contributed by atoms with Gasteiger partial charge in [-0.1, -0.05) is 24.3 Å². The van der Waals surface area contributed by atoms with Gasteiger partial charge in [0, 0.05) is 7.11 Å². The van der Waals surface area contributed by atoms with Crippen LogP contribution in [0.1, 0.15) is 24.2 Å². The maximum atomic E-state index is 9.94. The van der Waals surface area contributed by atoms with Crippen molar-refractivity contribution in [3.8, 4) is 0 Å². The standard InChI is InChI=1S/C11H13NO2/c1-9(14-2)11-5-3-4-10(6-11)7-12-8-13/h3-6,9H,7H2,1-2H3. The summed E-state index contributed by atoms with van der Waals surface area (Å²) in [7, 11) is 1.67. The van der Waals surface area contributed by atoms with Crippen molar-refractivity contribution in [3.05, 3.63) is 35.4 Å². The van der Waals surface area contributed by atoms with Gasteiger partial charge in [0.25, 0.3) is 0 Å². The van der Waals surface area contributed by atoms with Crippen molar-refractivity contribution in [3.63, 3.8) is 0 Å². The summed E-state index contributed by atoms with van der Waals surface area (Å²) in [5.74, 6) is 0. The SMILES string of the molecule is COC(C)c1cccc(CN=C=O)c1. The number of benzene rings is 1. The van der Waals surface area contributed by atoms with Gasteiger partial charge in [-0.05, 0) is 18.1 Å². The molecule has 3 heteroatoms. The Morgan fingerprint density at radius 3 is 3.00 bits per heavy atom. The van der Waals surface area contributed by atoms with Crippen LogP contribution < -0.4 is 0 Å². The molecule has 0 aromatic heterocycles. The fraction of sp³-hybridized carbons (Fsp3) is 0.364. The second-order valence-corrected chi connectivity index (χ2v) is 3.03. The number of nitrogens with zero attached hydrogens (tertiary/aromatic N) is 1. The molecule has 0 saturated heterocycles. The zero-order chi connectivity index (χ0) is 10.4. The molecule has 0 fully saturated rings. The highest BCUT2D eigenvalue weighted by atomic mass is 16.5. The van der Waals surface area contributed by atoms with Crippen molar-refractivity contribution in [1.29, 1.82) is 0 Å². The van der Waals surface area contributed by atoms with Gasteiger partial charge in [0.15, 0.2) is 0 Å². The summed E-state index contributed by atoms with van der Waals surface area (Å²) in [6.07, 6.45) is 1.59. The van der Waals surface area contributed by atoms with Gasteiger partial charge >= 0.3 is 0 Å². The molecule has 0 saturated carbocycles. The molecule has 0 aliphatic carbocycles. The van der Waals surface area contributed by atoms with E-state index in [0.717, 1.165) is 11.1 Å². The van der Waals surface area contributed by atoms with Gasteiger partial charge in [0.05, 0.1) is 12.6 Å². The van der Waals surface area contributed by atoms with Gasteiger partial charge in [0.2, 0.25) is 6.08 Å². The van der Waals surface area contributed by atoms with Crippen molar-refractivity contribution < 1.29 is 9.53 Å². The highest BCUT2D eigenvalue weighted by molar-refractivity contribution is 5.34. The third-order valence-electron chi connectivity index (χ3n) is 2.10. The summed E-state index contributed by atoms with van der Waals surface area (Å²) in [6.45, 7) is 2.36. The molecule has 0 N–H and O–H groups in total.